The second-order valence-electron chi connectivity index (χ2n) is 3.09. The van der Waals surface area contributed by atoms with E-state index in [0.717, 1.165) is 7.11 Å². The van der Waals surface area contributed by atoms with Crippen LogP contribution in [0.3, 0.4) is 0 Å². The van der Waals surface area contributed by atoms with Gasteiger partial charge in [-0.25, -0.2) is 9.18 Å². The van der Waals surface area contributed by atoms with Crippen molar-refractivity contribution in [2.45, 2.75) is 12.8 Å². The van der Waals surface area contributed by atoms with Crippen molar-refractivity contribution in [2.24, 2.45) is 0 Å². The van der Waals surface area contributed by atoms with Crippen molar-refractivity contribution in [3.05, 3.63) is 29.3 Å². The number of hydrogen-bond acceptors (Lipinski definition) is 4. The van der Waals surface area contributed by atoms with Crippen molar-refractivity contribution >= 4 is 5.97 Å². The van der Waals surface area contributed by atoms with E-state index in [4.69, 9.17) is 4.74 Å². The predicted octanol–water partition coefficient (Wildman–Crippen LogP) is 1.37. The van der Waals surface area contributed by atoms with Crippen molar-refractivity contribution in [1.29, 1.82) is 0 Å². The fourth-order valence-corrected chi connectivity index (χ4v) is 1.42. The number of benzene rings is 1. The number of hydrogen-bond donors (Lipinski definition) is 1. The van der Waals surface area contributed by atoms with E-state index in [1.165, 1.54) is 13.2 Å². The number of aliphatic hydroxyl groups excluding tert-OH is 1. The van der Waals surface area contributed by atoms with Gasteiger partial charge in [-0.05, 0) is 11.6 Å². The molecular formula is C11H13FO4. The molecular weight excluding hydrogens is 215 g/mol. The molecule has 1 rings (SSSR count). The summed E-state index contributed by atoms with van der Waals surface area (Å²) in [5.74, 6) is -0.591. The highest BCUT2D eigenvalue weighted by Crippen LogP contribution is 2.30. The molecule has 0 saturated carbocycles. The summed E-state index contributed by atoms with van der Waals surface area (Å²) in [6, 6.07) is 4.60. The van der Waals surface area contributed by atoms with E-state index < -0.39 is 18.7 Å². The second-order valence-corrected chi connectivity index (χ2v) is 3.09. The highest BCUT2D eigenvalue weighted by atomic mass is 19.1. The van der Waals surface area contributed by atoms with Crippen LogP contribution in [0.1, 0.15) is 17.2 Å². The van der Waals surface area contributed by atoms with Gasteiger partial charge >= 0.3 is 5.97 Å². The van der Waals surface area contributed by atoms with E-state index in [9.17, 15) is 14.3 Å². The van der Waals surface area contributed by atoms with Crippen molar-refractivity contribution in [2.75, 3.05) is 14.2 Å². The van der Waals surface area contributed by atoms with Crippen molar-refractivity contribution in [1.82, 2.24) is 0 Å². The third-order valence-electron chi connectivity index (χ3n) is 2.22. The Morgan fingerprint density at radius 2 is 2.19 bits per heavy atom. The molecule has 16 heavy (non-hydrogen) atoms. The van der Waals surface area contributed by atoms with Crippen LogP contribution in [0.5, 0.6) is 5.75 Å². The molecule has 0 aliphatic heterocycles. The Balaban J connectivity index is 3.22. The zero-order chi connectivity index (χ0) is 12.1. The average molecular weight is 228 g/mol. The van der Waals surface area contributed by atoms with E-state index in [1.54, 1.807) is 12.1 Å². The first-order valence-electron chi connectivity index (χ1n) is 4.63. The Bertz CT molecular complexity index is 356. The van der Waals surface area contributed by atoms with Gasteiger partial charge in [-0.1, -0.05) is 12.1 Å². The smallest absolute Gasteiger partial charge is 0.339 e. The second kappa shape index (κ2) is 5.46. The standard InChI is InChI=1S/C11H13FO4/c1-15-8-5-3-4-7(6-12)9(8)10(13)11(14)16-2/h3-5,10,13H,6H2,1-2H3. The third kappa shape index (κ3) is 2.30. The van der Waals surface area contributed by atoms with Crippen LogP contribution in [0.25, 0.3) is 0 Å². The number of methoxy groups -OCH3 is 2. The van der Waals surface area contributed by atoms with Crippen LogP contribution in [0.2, 0.25) is 0 Å². The van der Waals surface area contributed by atoms with Gasteiger partial charge in [0.1, 0.15) is 12.4 Å². The lowest BCUT2D eigenvalue weighted by atomic mass is 10.0. The number of rotatable bonds is 4. The molecule has 1 aromatic carbocycles. The summed E-state index contributed by atoms with van der Waals surface area (Å²) in [5, 5.41) is 9.69. The third-order valence-corrected chi connectivity index (χ3v) is 2.22. The van der Waals surface area contributed by atoms with Crippen LogP contribution >= 0.6 is 0 Å². The lowest BCUT2D eigenvalue weighted by molar-refractivity contribution is -0.150. The molecule has 0 aliphatic carbocycles. The van der Waals surface area contributed by atoms with E-state index in [2.05, 4.69) is 4.74 Å². The summed E-state index contributed by atoms with van der Waals surface area (Å²) >= 11 is 0. The van der Waals surface area contributed by atoms with Crippen LogP contribution < -0.4 is 4.74 Å². The maximum absolute atomic E-state index is 12.7. The van der Waals surface area contributed by atoms with Gasteiger partial charge in [-0.3, -0.25) is 0 Å². The Kier molecular flexibility index (Phi) is 4.25. The molecule has 5 heteroatoms. The molecule has 0 aromatic heterocycles. The highest BCUT2D eigenvalue weighted by molar-refractivity contribution is 5.77. The molecule has 4 nitrogen and oxygen atoms in total. The molecule has 1 N–H and O–H groups in total. The summed E-state index contributed by atoms with van der Waals surface area (Å²) in [6.45, 7) is -0.791. The van der Waals surface area contributed by atoms with Gasteiger partial charge in [0, 0.05) is 5.56 Å². The van der Waals surface area contributed by atoms with Crippen molar-refractivity contribution < 1.29 is 23.8 Å². The molecule has 1 unspecified atom stereocenters. The maximum Gasteiger partial charge on any atom is 0.339 e. The Morgan fingerprint density at radius 3 is 2.69 bits per heavy atom. The van der Waals surface area contributed by atoms with Crippen LogP contribution in [-0.4, -0.2) is 25.3 Å². The first-order valence-corrected chi connectivity index (χ1v) is 4.63. The summed E-state index contributed by atoms with van der Waals surface area (Å²) < 4.78 is 22.1. The number of ether oxygens (including phenoxy) is 2. The van der Waals surface area contributed by atoms with E-state index in [0.29, 0.717) is 0 Å². The minimum absolute atomic E-state index is 0.111. The maximum atomic E-state index is 12.7. The van der Waals surface area contributed by atoms with Gasteiger partial charge in [0.2, 0.25) is 0 Å². The summed E-state index contributed by atoms with van der Waals surface area (Å²) in [7, 11) is 2.53. The molecule has 0 heterocycles. The molecule has 1 aromatic rings. The highest BCUT2D eigenvalue weighted by Gasteiger charge is 2.24. The quantitative estimate of drug-likeness (QED) is 0.791. The fraction of sp³-hybridized carbons (Fsp3) is 0.364. The van der Waals surface area contributed by atoms with Gasteiger partial charge in [0.25, 0.3) is 0 Å². The molecule has 1 atom stereocenters. The molecule has 0 bridgehead atoms. The number of esters is 1. The van der Waals surface area contributed by atoms with Gasteiger partial charge in [-0.15, -0.1) is 0 Å². The lowest BCUT2D eigenvalue weighted by Gasteiger charge is -2.15. The van der Waals surface area contributed by atoms with Gasteiger partial charge in [0.15, 0.2) is 6.10 Å². The van der Waals surface area contributed by atoms with E-state index >= 15 is 0 Å². The summed E-state index contributed by atoms with van der Waals surface area (Å²) in [5.41, 5.74) is 0.316. The number of alkyl halides is 1. The predicted molar refractivity (Wildman–Crippen MR) is 54.8 cm³/mol. The molecule has 0 radical (unpaired) electrons. The fourth-order valence-electron chi connectivity index (χ4n) is 1.42. The van der Waals surface area contributed by atoms with Crippen molar-refractivity contribution in [3.8, 4) is 5.75 Å². The first kappa shape index (κ1) is 12.4. The average Bonchev–Trinajstić information content (AvgIpc) is 2.35. The summed E-state index contributed by atoms with van der Waals surface area (Å²) in [6.07, 6.45) is -1.54. The van der Waals surface area contributed by atoms with Crippen LogP contribution in [0.4, 0.5) is 4.39 Å². The molecule has 0 saturated heterocycles. The van der Waals surface area contributed by atoms with E-state index in [1.807, 2.05) is 0 Å². The molecule has 0 spiro atoms. The van der Waals surface area contributed by atoms with Crippen LogP contribution in [0.15, 0.2) is 18.2 Å². The monoisotopic (exact) mass is 228 g/mol. The van der Waals surface area contributed by atoms with Crippen LogP contribution in [0, 0.1) is 0 Å². The Morgan fingerprint density at radius 1 is 1.50 bits per heavy atom. The van der Waals surface area contributed by atoms with Gasteiger partial charge in [-0.2, -0.15) is 0 Å². The molecule has 0 fully saturated rings. The van der Waals surface area contributed by atoms with Gasteiger partial charge in [0.05, 0.1) is 14.2 Å². The van der Waals surface area contributed by atoms with Crippen LogP contribution in [-0.2, 0) is 16.2 Å². The number of aliphatic hydroxyl groups is 1. The number of halogens is 1. The number of carbonyl (C=O) groups excluding carboxylic acids is 1. The zero-order valence-corrected chi connectivity index (χ0v) is 9.07. The van der Waals surface area contributed by atoms with E-state index in [-0.39, 0.29) is 16.9 Å². The minimum Gasteiger partial charge on any atom is -0.496 e. The molecule has 0 amide bonds. The Hall–Kier alpha value is -1.62. The SMILES string of the molecule is COC(=O)C(O)c1c(CF)cccc1OC. The van der Waals surface area contributed by atoms with Gasteiger partial charge < -0.3 is 14.6 Å². The zero-order valence-electron chi connectivity index (χ0n) is 9.07. The normalized spacial score (nSPS) is 12.0. The first-order chi connectivity index (χ1) is 7.65. The largest absolute Gasteiger partial charge is 0.496 e. The number of carbonyl (C=O) groups is 1. The summed E-state index contributed by atoms with van der Waals surface area (Å²) in [4.78, 5) is 11.2. The molecule has 88 valence electrons. The lowest BCUT2D eigenvalue weighted by Crippen LogP contribution is -2.16. The topological polar surface area (TPSA) is 55.8 Å². The molecule has 0 aliphatic rings. The Labute approximate surface area is 92.6 Å². The minimum atomic E-state index is -1.54. The van der Waals surface area contributed by atoms with Crippen molar-refractivity contribution in [3.63, 3.8) is 0 Å².